The van der Waals surface area contributed by atoms with Gasteiger partial charge in [0.25, 0.3) is 0 Å². The summed E-state index contributed by atoms with van der Waals surface area (Å²) < 4.78 is 12.0. The van der Waals surface area contributed by atoms with Gasteiger partial charge in [0.15, 0.2) is 0 Å². The lowest BCUT2D eigenvalue weighted by molar-refractivity contribution is -0.0795. The van der Waals surface area contributed by atoms with Crippen LogP contribution in [0, 0.1) is 0 Å². The van der Waals surface area contributed by atoms with E-state index in [1.165, 1.54) is 5.56 Å². The summed E-state index contributed by atoms with van der Waals surface area (Å²) in [6.07, 6.45) is 2.15. The molecule has 1 aromatic rings. The second kappa shape index (κ2) is 3.70. The van der Waals surface area contributed by atoms with Crippen LogP contribution in [0.4, 0.5) is 0 Å². The molecule has 4 heteroatoms. The van der Waals surface area contributed by atoms with Crippen LogP contribution in [0.25, 0.3) is 0 Å². The van der Waals surface area contributed by atoms with Crippen LogP contribution < -0.4 is 10.5 Å². The van der Waals surface area contributed by atoms with Gasteiger partial charge in [-0.2, -0.15) is 0 Å². The molecule has 2 fully saturated rings. The highest BCUT2D eigenvalue weighted by molar-refractivity contribution is 9.10. The number of ether oxygens (including phenoxy) is 2. The largest absolute Gasteiger partial charge is 0.496 e. The van der Waals surface area contributed by atoms with E-state index in [4.69, 9.17) is 15.2 Å². The summed E-state index contributed by atoms with van der Waals surface area (Å²) >= 11 is 3.52. The van der Waals surface area contributed by atoms with E-state index in [1.807, 2.05) is 12.1 Å². The number of benzene rings is 1. The first kappa shape index (κ1) is 11.5. The molecular formula is C13H16BrNO2. The Morgan fingerprint density at radius 3 is 2.53 bits per heavy atom. The normalized spacial score (nSPS) is 23.9. The van der Waals surface area contributed by atoms with Crippen LogP contribution >= 0.6 is 15.9 Å². The van der Waals surface area contributed by atoms with Crippen molar-refractivity contribution in [3.05, 3.63) is 28.2 Å². The average Bonchev–Trinajstić information content (AvgIpc) is 2.96. The van der Waals surface area contributed by atoms with Gasteiger partial charge >= 0.3 is 0 Å². The SMILES string of the molecule is COc1ccc(Br)cc1C1(C2(N)CC2)COC1. The fraction of sp³-hybridized carbons (Fsp3) is 0.538. The molecule has 1 saturated heterocycles. The fourth-order valence-corrected chi connectivity index (χ4v) is 3.05. The van der Waals surface area contributed by atoms with Crippen molar-refractivity contribution in [2.75, 3.05) is 20.3 Å². The Labute approximate surface area is 109 Å². The van der Waals surface area contributed by atoms with Crippen LogP contribution in [0.5, 0.6) is 5.75 Å². The van der Waals surface area contributed by atoms with Crippen molar-refractivity contribution >= 4 is 15.9 Å². The Kier molecular flexibility index (Phi) is 2.51. The van der Waals surface area contributed by atoms with E-state index in [1.54, 1.807) is 7.11 Å². The topological polar surface area (TPSA) is 44.5 Å². The molecule has 92 valence electrons. The maximum atomic E-state index is 6.44. The molecule has 17 heavy (non-hydrogen) atoms. The Morgan fingerprint density at radius 2 is 2.06 bits per heavy atom. The first-order valence-corrected chi connectivity index (χ1v) is 6.61. The summed E-state index contributed by atoms with van der Waals surface area (Å²) in [6, 6.07) is 6.10. The Morgan fingerprint density at radius 1 is 1.35 bits per heavy atom. The van der Waals surface area contributed by atoms with Gasteiger partial charge < -0.3 is 15.2 Å². The molecule has 1 aliphatic carbocycles. The zero-order chi connectivity index (χ0) is 12.1. The number of rotatable bonds is 3. The predicted molar refractivity (Wildman–Crippen MR) is 69.3 cm³/mol. The highest BCUT2D eigenvalue weighted by atomic mass is 79.9. The zero-order valence-corrected chi connectivity index (χ0v) is 11.4. The predicted octanol–water partition coefficient (Wildman–Crippen LogP) is 2.22. The molecule has 1 heterocycles. The van der Waals surface area contributed by atoms with Crippen LogP contribution in [-0.4, -0.2) is 25.9 Å². The van der Waals surface area contributed by atoms with E-state index in [0.29, 0.717) is 13.2 Å². The summed E-state index contributed by atoms with van der Waals surface area (Å²) in [5.41, 5.74) is 7.47. The van der Waals surface area contributed by atoms with Gasteiger partial charge in [-0.05, 0) is 31.0 Å². The summed E-state index contributed by atoms with van der Waals surface area (Å²) in [7, 11) is 1.70. The van der Waals surface area contributed by atoms with E-state index in [-0.39, 0.29) is 11.0 Å². The van der Waals surface area contributed by atoms with Crippen LogP contribution in [0.2, 0.25) is 0 Å². The zero-order valence-electron chi connectivity index (χ0n) is 9.83. The van der Waals surface area contributed by atoms with Gasteiger partial charge in [-0.25, -0.2) is 0 Å². The van der Waals surface area contributed by atoms with Crippen LogP contribution in [0.3, 0.4) is 0 Å². The number of methoxy groups -OCH3 is 1. The van der Waals surface area contributed by atoms with Crippen LogP contribution in [0.1, 0.15) is 18.4 Å². The van der Waals surface area contributed by atoms with Gasteiger partial charge in [0.2, 0.25) is 0 Å². The van der Waals surface area contributed by atoms with Crippen molar-refractivity contribution in [2.45, 2.75) is 23.8 Å². The van der Waals surface area contributed by atoms with Crippen molar-refractivity contribution in [3.63, 3.8) is 0 Å². The van der Waals surface area contributed by atoms with E-state index >= 15 is 0 Å². The standard InChI is InChI=1S/C13H16BrNO2/c1-16-11-3-2-9(14)6-10(11)12(7-17-8-12)13(15)4-5-13/h2-3,6H,4-5,7-8,15H2,1H3. The van der Waals surface area contributed by atoms with Gasteiger partial charge in [-0.1, -0.05) is 15.9 Å². The van der Waals surface area contributed by atoms with Crippen molar-refractivity contribution in [1.82, 2.24) is 0 Å². The average molecular weight is 298 g/mol. The first-order chi connectivity index (χ1) is 8.11. The number of nitrogens with two attached hydrogens (primary N) is 1. The minimum atomic E-state index is -0.0979. The summed E-state index contributed by atoms with van der Waals surface area (Å²) in [5, 5.41) is 0. The third-order valence-electron chi connectivity index (χ3n) is 4.12. The molecule has 0 radical (unpaired) electrons. The molecule has 0 aromatic heterocycles. The van der Waals surface area contributed by atoms with Crippen molar-refractivity contribution in [2.24, 2.45) is 5.73 Å². The number of halogens is 1. The highest BCUT2D eigenvalue weighted by Gasteiger charge is 2.62. The second-order valence-corrected chi connectivity index (χ2v) is 5.99. The summed E-state index contributed by atoms with van der Waals surface area (Å²) in [4.78, 5) is 0. The van der Waals surface area contributed by atoms with E-state index < -0.39 is 0 Å². The lowest BCUT2D eigenvalue weighted by Gasteiger charge is -2.47. The van der Waals surface area contributed by atoms with Gasteiger partial charge in [0, 0.05) is 15.6 Å². The Bertz CT molecular complexity index is 453. The van der Waals surface area contributed by atoms with Gasteiger partial charge in [0.05, 0.1) is 25.7 Å². The monoisotopic (exact) mass is 297 g/mol. The van der Waals surface area contributed by atoms with Crippen molar-refractivity contribution in [1.29, 1.82) is 0 Å². The van der Waals surface area contributed by atoms with Crippen LogP contribution in [-0.2, 0) is 10.2 Å². The minimum absolute atomic E-state index is 0.0534. The minimum Gasteiger partial charge on any atom is -0.496 e. The molecule has 0 atom stereocenters. The Hall–Kier alpha value is -0.580. The molecule has 2 aliphatic rings. The maximum Gasteiger partial charge on any atom is 0.122 e. The van der Waals surface area contributed by atoms with Crippen molar-refractivity contribution < 1.29 is 9.47 Å². The van der Waals surface area contributed by atoms with E-state index in [9.17, 15) is 0 Å². The molecule has 1 saturated carbocycles. The molecule has 2 N–H and O–H groups in total. The molecule has 1 aromatic carbocycles. The van der Waals surface area contributed by atoms with Gasteiger partial charge in [-0.15, -0.1) is 0 Å². The third-order valence-corrected chi connectivity index (χ3v) is 4.61. The summed E-state index contributed by atoms with van der Waals surface area (Å²) in [6.45, 7) is 1.41. The number of hydrogen-bond donors (Lipinski definition) is 1. The number of hydrogen-bond acceptors (Lipinski definition) is 3. The summed E-state index contributed by atoms with van der Waals surface area (Å²) in [5.74, 6) is 0.910. The second-order valence-electron chi connectivity index (χ2n) is 5.08. The maximum absolute atomic E-state index is 6.44. The fourth-order valence-electron chi connectivity index (χ4n) is 2.68. The van der Waals surface area contributed by atoms with E-state index in [0.717, 1.165) is 23.1 Å². The molecule has 3 nitrogen and oxygen atoms in total. The van der Waals surface area contributed by atoms with E-state index in [2.05, 4.69) is 22.0 Å². The molecule has 0 amide bonds. The Balaban J connectivity index is 2.10. The molecule has 0 unspecified atom stereocenters. The quantitative estimate of drug-likeness (QED) is 0.930. The first-order valence-electron chi connectivity index (χ1n) is 5.82. The molecule has 3 rings (SSSR count). The molecular weight excluding hydrogens is 282 g/mol. The molecule has 1 aliphatic heterocycles. The lowest BCUT2D eigenvalue weighted by Crippen LogP contribution is -2.60. The smallest absolute Gasteiger partial charge is 0.122 e. The highest BCUT2D eigenvalue weighted by Crippen LogP contribution is 2.55. The molecule has 0 spiro atoms. The molecule has 0 bridgehead atoms. The van der Waals surface area contributed by atoms with Crippen LogP contribution in [0.15, 0.2) is 22.7 Å². The van der Waals surface area contributed by atoms with Gasteiger partial charge in [-0.3, -0.25) is 0 Å². The van der Waals surface area contributed by atoms with Crippen molar-refractivity contribution in [3.8, 4) is 5.75 Å². The third kappa shape index (κ3) is 1.54. The van der Waals surface area contributed by atoms with Gasteiger partial charge in [0.1, 0.15) is 5.75 Å². The lowest BCUT2D eigenvalue weighted by atomic mass is 9.70.